The summed E-state index contributed by atoms with van der Waals surface area (Å²) < 4.78 is 1.04. The molecule has 0 spiro atoms. The van der Waals surface area contributed by atoms with Gasteiger partial charge in [0.25, 0.3) is 0 Å². The summed E-state index contributed by atoms with van der Waals surface area (Å²) in [7, 11) is 0. The van der Waals surface area contributed by atoms with E-state index in [1.54, 1.807) is 0 Å². The highest BCUT2D eigenvalue weighted by atomic mass is 79.9. The van der Waals surface area contributed by atoms with Crippen molar-refractivity contribution >= 4 is 15.9 Å². The van der Waals surface area contributed by atoms with Crippen molar-refractivity contribution < 1.29 is 10.2 Å². The van der Waals surface area contributed by atoms with Gasteiger partial charge in [-0.05, 0) is 30.5 Å². The molecule has 0 amide bonds. The molecule has 84 valence electrons. The molecule has 1 aromatic carbocycles. The van der Waals surface area contributed by atoms with Crippen LogP contribution in [0.15, 0.2) is 28.7 Å². The van der Waals surface area contributed by atoms with E-state index in [1.807, 2.05) is 31.2 Å². The van der Waals surface area contributed by atoms with Crippen molar-refractivity contribution in [1.82, 2.24) is 0 Å². The molecule has 0 aromatic heterocycles. The van der Waals surface area contributed by atoms with Crippen molar-refractivity contribution in [3.05, 3.63) is 34.3 Å². The van der Waals surface area contributed by atoms with Crippen LogP contribution in [0, 0.1) is 5.41 Å². The van der Waals surface area contributed by atoms with E-state index in [0.29, 0.717) is 6.42 Å². The van der Waals surface area contributed by atoms with Crippen LogP contribution in [0.4, 0.5) is 0 Å². The van der Waals surface area contributed by atoms with E-state index in [-0.39, 0.29) is 18.6 Å². The summed E-state index contributed by atoms with van der Waals surface area (Å²) in [6.07, 6.45) is 1.49. The van der Waals surface area contributed by atoms with E-state index >= 15 is 0 Å². The molecule has 1 rings (SSSR count). The zero-order chi connectivity index (χ0) is 11.3. The minimum atomic E-state index is -0.381. The lowest BCUT2D eigenvalue weighted by Crippen LogP contribution is -2.31. The Kier molecular flexibility index (Phi) is 4.77. The second-order valence-electron chi connectivity index (χ2n) is 3.97. The van der Waals surface area contributed by atoms with Crippen LogP contribution < -0.4 is 0 Å². The number of halogens is 1. The molecule has 2 nitrogen and oxygen atoms in total. The van der Waals surface area contributed by atoms with Gasteiger partial charge in [-0.3, -0.25) is 0 Å². The zero-order valence-electron chi connectivity index (χ0n) is 8.91. The van der Waals surface area contributed by atoms with Crippen LogP contribution in [0.25, 0.3) is 0 Å². The Bertz CT molecular complexity index is 283. The Morgan fingerprint density at radius 3 is 2.07 bits per heavy atom. The smallest absolute Gasteiger partial charge is 0.0512 e. The fraction of sp³-hybridized carbons (Fsp3) is 0.500. The van der Waals surface area contributed by atoms with Gasteiger partial charge in [-0.15, -0.1) is 0 Å². The van der Waals surface area contributed by atoms with Gasteiger partial charge in [0.15, 0.2) is 0 Å². The predicted octanol–water partition coefficient (Wildman–Crippen LogP) is 2.37. The summed E-state index contributed by atoms with van der Waals surface area (Å²) in [5.41, 5.74) is 0.761. The normalized spacial score (nSPS) is 11.7. The Morgan fingerprint density at radius 1 is 1.13 bits per heavy atom. The van der Waals surface area contributed by atoms with E-state index in [0.717, 1.165) is 16.5 Å². The molecular formula is C12H17BrO2. The standard InChI is InChI=1S/C12H17BrO2/c1-2-12(8-14,9-15)7-10-3-5-11(13)6-4-10/h3-6,14-15H,2,7-9H2,1H3. The molecule has 0 atom stereocenters. The molecule has 0 heterocycles. The molecule has 0 aliphatic carbocycles. The number of aliphatic hydroxyl groups excluding tert-OH is 2. The molecule has 15 heavy (non-hydrogen) atoms. The van der Waals surface area contributed by atoms with E-state index in [4.69, 9.17) is 0 Å². The van der Waals surface area contributed by atoms with Crippen LogP contribution in [-0.2, 0) is 6.42 Å². The highest BCUT2D eigenvalue weighted by molar-refractivity contribution is 9.10. The van der Waals surface area contributed by atoms with Crippen LogP contribution in [0.2, 0.25) is 0 Å². The zero-order valence-corrected chi connectivity index (χ0v) is 10.5. The minimum Gasteiger partial charge on any atom is -0.396 e. The third-order valence-corrected chi connectivity index (χ3v) is 3.44. The average Bonchev–Trinajstić information content (AvgIpc) is 2.29. The fourth-order valence-corrected chi connectivity index (χ4v) is 1.81. The van der Waals surface area contributed by atoms with Crippen molar-refractivity contribution in [2.45, 2.75) is 19.8 Å². The van der Waals surface area contributed by atoms with E-state index in [2.05, 4.69) is 15.9 Å². The van der Waals surface area contributed by atoms with Crippen molar-refractivity contribution in [1.29, 1.82) is 0 Å². The van der Waals surface area contributed by atoms with Crippen molar-refractivity contribution in [2.75, 3.05) is 13.2 Å². The van der Waals surface area contributed by atoms with Gasteiger partial charge < -0.3 is 10.2 Å². The highest BCUT2D eigenvalue weighted by Crippen LogP contribution is 2.26. The largest absolute Gasteiger partial charge is 0.396 e. The topological polar surface area (TPSA) is 40.5 Å². The lowest BCUT2D eigenvalue weighted by molar-refractivity contribution is 0.0514. The van der Waals surface area contributed by atoms with Crippen molar-refractivity contribution in [2.24, 2.45) is 5.41 Å². The molecule has 0 bridgehead atoms. The van der Waals surface area contributed by atoms with Gasteiger partial charge in [0.2, 0.25) is 0 Å². The predicted molar refractivity (Wildman–Crippen MR) is 64.7 cm³/mol. The number of hydrogen-bond donors (Lipinski definition) is 2. The van der Waals surface area contributed by atoms with Gasteiger partial charge in [-0.25, -0.2) is 0 Å². The van der Waals surface area contributed by atoms with Gasteiger partial charge in [0.05, 0.1) is 13.2 Å². The lowest BCUT2D eigenvalue weighted by atomic mass is 9.81. The Hall–Kier alpha value is -0.380. The molecule has 3 heteroatoms. The van der Waals surface area contributed by atoms with Gasteiger partial charge in [0.1, 0.15) is 0 Å². The van der Waals surface area contributed by atoms with Gasteiger partial charge in [-0.1, -0.05) is 35.0 Å². The molecule has 0 saturated carbocycles. The van der Waals surface area contributed by atoms with Crippen LogP contribution in [0.3, 0.4) is 0 Å². The van der Waals surface area contributed by atoms with Crippen LogP contribution in [-0.4, -0.2) is 23.4 Å². The fourth-order valence-electron chi connectivity index (χ4n) is 1.55. The van der Waals surface area contributed by atoms with Gasteiger partial charge >= 0.3 is 0 Å². The highest BCUT2D eigenvalue weighted by Gasteiger charge is 2.26. The molecule has 0 aliphatic heterocycles. The molecular weight excluding hydrogens is 256 g/mol. The quantitative estimate of drug-likeness (QED) is 0.864. The molecule has 1 aromatic rings. The third-order valence-electron chi connectivity index (χ3n) is 2.91. The van der Waals surface area contributed by atoms with Crippen LogP contribution in [0.1, 0.15) is 18.9 Å². The third kappa shape index (κ3) is 3.30. The Morgan fingerprint density at radius 2 is 1.67 bits per heavy atom. The summed E-state index contributed by atoms with van der Waals surface area (Å²) in [5.74, 6) is 0. The Balaban J connectivity index is 2.78. The van der Waals surface area contributed by atoms with Crippen LogP contribution in [0.5, 0.6) is 0 Å². The maximum absolute atomic E-state index is 9.32. The number of aliphatic hydroxyl groups is 2. The molecule has 0 saturated heterocycles. The number of hydrogen-bond acceptors (Lipinski definition) is 2. The van der Waals surface area contributed by atoms with Crippen LogP contribution >= 0.6 is 15.9 Å². The molecule has 2 N–H and O–H groups in total. The summed E-state index contributed by atoms with van der Waals surface area (Å²) >= 11 is 3.38. The average molecular weight is 273 g/mol. The number of rotatable bonds is 5. The monoisotopic (exact) mass is 272 g/mol. The van der Waals surface area contributed by atoms with Crippen molar-refractivity contribution in [3.63, 3.8) is 0 Å². The van der Waals surface area contributed by atoms with Gasteiger partial charge in [-0.2, -0.15) is 0 Å². The SMILES string of the molecule is CCC(CO)(CO)Cc1ccc(Br)cc1. The van der Waals surface area contributed by atoms with E-state index < -0.39 is 0 Å². The summed E-state index contributed by atoms with van der Waals surface area (Å²) in [6, 6.07) is 7.98. The summed E-state index contributed by atoms with van der Waals surface area (Å²) in [4.78, 5) is 0. The minimum absolute atomic E-state index is 0.0239. The van der Waals surface area contributed by atoms with E-state index in [1.165, 1.54) is 0 Å². The first-order chi connectivity index (χ1) is 7.15. The second-order valence-corrected chi connectivity index (χ2v) is 4.89. The lowest BCUT2D eigenvalue weighted by Gasteiger charge is -2.28. The molecule has 0 fully saturated rings. The molecule has 0 radical (unpaired) electrons. The number of benzene rings is 1. The first-order valence-corrected chi connectivity index (χ1v) is 5.91. The van der Waals surface area contributed by atoms with E-state index in [9.17, 15) is 10.2 Å². The Labute approximate surface area is 99.1 Å². The molecule has 0 unspecified atom stereocenters. The summed E-state index contributed by atoms with van der Waals surface area (Å²) in [6.45, 7) is 2.04. The van der Waals surface area contributed by atoms with Crippen molar-refractivity contribution in [3.8, 4) is 0 Å². The summed E-state index contributed by atoms with van der Waals surface area (Å²) in [5, 5.41) is 18.6. The second kappa shape index (κ2) is 5.64. The first-order valence-electron chi connectivity index (χ1n) is 5.12. The maximum atomic E-state index is 9.32. The first kappa shape index (κ1) is 12.7. The maximum Gasteiger partial charge on any atom is 0.0512 e. The van der Waals surface area contributed by atoms with Gasteiger partial charge in [0, 0.05) is 9.89 Å². The molecule has 0 aliphatic rings.